The number of amides is 1. The minimum Gasteiger partial charge on any atom is -0.370 e. The standard InChI is InChI=1S/C20H25N3O4S/c24-20(16-21-11-13-27-14-12-21)22-7-9-23(10-8-22)28(25,26)19-6-5-17-3-1-2-4-18(17)15-19/h1-6,15H,7-14,16H2/p+1. The smallest absolute Gasteiger partial charge is 0.277 e. The summed E-state index contributed by atoms with van der Waals surface area (Å²) in [6, 6.07) is 12.9. The van der Waals surface area contributed by atoms with E-state index in [0.717, 1.165) is 23.9 Å². The van der Waals surface area contributed by atoms with Gasteiger partial charge in [0.2, 0.25) is 10.0 Å². The molecule has 0 radical (unpaired) electrons. The average Bonchev–Trinajstić information content (AvgIpc) is 2.74. The number of nitrogens with zero attached hydrogens (tertiary/aromatic N) is 2. The Labute approximate surface area is 165 Å². The van der Waals surface area contributed by atoms with Crippen molar-refractivity contribution < 1.29 is 22.8 Å². The maximum Gasteiger partial charge on any atom is 0.277 e. The maximum absolute atomic E-state index is 13.0. The molecule has 2 aromatic rings. The van der Waals surface area contributed by atoms with E-state index in [4.69, 9.17) is 4.74 Å². The van der Waals surface area contributed by atoms with Crippen LogP contribution in [0.1, 0.15) is 0 Å². The molecule has 2 heterocycles. The Balaban J connectivity index is 1.39. The SMILES string of the molecule is O=C(C[NH+]1CCOCC1)N1CCN(S(=O)(=O)c2ccc3ccccc3c2)CC1. The summed E-state index contributed by atoms with van der Waals surface area (Å²) in [4.78, 5) is 15.9. The highest BCUT2D eigenvalue weighted by molar-refractivity contribution is 7.89. The van der Waals surface area contributed by atoms with Gasteiger partial charge in [-0.05, 0) is 22.9 Å². The van der Waals surface area contributed by atoms with Crippen LogP contribution < -0.4 is 4.90 Å². The second kappa shape index (κ2) is 8.16. The van der Waals surface area contributed by atoms with Gasteiger partial charge in [-0.25, -0.2) is 8.42 Å². The zero-order chi connectivity index (χ0) is 19.6. The number of hydrogen-bond acceptors (Lipinski definition) is 4. The molecule has 1 N–H and O–H groups in total. The highest BCUT2D eigenvalue weighted by atomic mass is 32.2. The first-order valence-corrected chi connectivity index (χ1v) is 11.2. The predicted molar refractivity (Wildman–Crippen MR) is 106 cm³/mol. The maximum atomic E-state index is 13.0. The fourth-order valence-electron chi connectivity index (χ4n) is 3.82. The molecule has 7 nitrogen and oxygen atoms in total. The van der Waals surface area contributed by atoms with Gasteiger partial charge in [-0.1, -0.05) is 30.3 Å². The number of morpholine rings is 1. The van der Waals surface area contributed by atoms with Gasteiger partial charge < -0.3 is 14.5 Å². The van der Waals surface area contributed by atoms with Gasteiger partial charge in [0.25, 0.3) is 5.91 Å². The van der Waals surface area contributed by atoms with Crippen LogP contribution in [0.4, 0.5) is 0 Å². The number of carbonyl (C=O) groups is 1. The molecule has 0 unspecified atom stereocenters. The number of piperazine rings is 1. The Morgan fingerprint density at radius 1 is 0.964 bits per heavy atom. The van der Waals surface area contributed by atoms with Gasteiger partial charge in [0, 0.05) is 26.2 Å². The average molecular weight is 405 g/mol. The lowest BCUT2D eigenvalue weighted by atomic mass is 10.1. The number of benzene rings is 2. The number of hydrogen-bond donors (Lipinski definition) is 1. The Kier molecular flexibility index (Phi) is 5.63. The Hall–Kier alpha value is -2.00. The molecule has 8 heteroatoms. The van der Waals surface area contributed by atoms with E-state index >= 15 is 0 Å². The lowest BCUT2D eigenvalue weighted by molar-refractivity contribution is -0.900. The number of nitrogens with one attached hydrogen (secondary N) is 1. The third-order valence-corrected chi connectivity index (χ3v) is 7.45. The fraction of sp³-hybridized carbons (Fsp3) is 0.450. The van der Waals surface area contributed by atoms with Crippen molar-refractivity contribution in [3.8, 4) is 0 Å². The van der Waals surface area contributed by atoms with E-state index in [0.29, 0.717) is 50.8 Å². The molecule has 150 valence electrons. The van der Waals surface area contributed by atoms with E-state index in [-0.39, 0.29) is 5.91 Å². The summed E-state index contributed by atoms with van der Waals surface area (Å²) in [5.41, 5.74) is 0. The Bertz CT molecular complexity index is 949. The highest BCUT2D eigenvalue weighted by Crippen LogP contribution is 2.22. The minimum atomic E-state index is -3.56. The minimum absolute atomic E-state index is 0.0969. The van der Waals surface area contributed by atoms with Crippen LogP contribution in [-0.2, 0) is 19.6 Å². The monoisotopic (exact) mass is 404 g/mol. The molecule has 1 amide bonds. The van der Waals surface area contributed by atoms with Crippen LogP contribution in [0.3, 0.4) is 0 Å². The second-order valence-corrected chi connectivity index (χ2v) is 9.27. The number of ether oxygens (including phenoxy) is 1. The van der Waals surface area contributed by atoms with Crippen molar-refractivity contribution >= 4 is 26.7 Å². The summed E-state index contributed by atoms with van der Waals surface area (Å²) < 4.78 is 32.9. The molecule has 2 saturated heterocycles. The largest absolute Gasteiger partial charge is 0.370 e. The van der Waals surface area contributed by atoms with Crippen molar-refractivity contribution in [3.05, 3.63) is 42.5 Å². The highest BCUT2D eigenvalue weighted by Gasteiger charge is 2.31. The number of rotatable bonds is 4. The molecule has 2 fully saturated rings. The van der Waals surface area contributed by atoms with E-state index in [2.05, 4.69) is 0 Å². The van der Waals surface area contributed by atoms with Crippen molar-refractivity contribution in [2.75, 3.05) is 59.0 Å². The number of quaternary nitrogens is 1. The summed E-state index contributed by atoms with van der Waals surface area (Å²) >= 11 is 0. The van der Waals surface area contributed by atoms with E-state index < -0.39 is 10.0 Å². The van der Waals surface area contributed by atoms with Crippen molar-refractivity contribution in [3.63, 3.8) is 0 Å². The number of carbonyl (C=O) groups excluding carboxylic acids is 1. The van der Waals surface area contributed by atoms with E-state index in [9.17, 15) is 13.2 Å². The number of fused-ring (bicyclic) bond motifs is 1. The molecule has 0 aliphatic carbocycles. The van der Waals surface area contributed by atoms with Gasteiger partial charge in [0.1, 0.15) is 13.1 Å². The van der Waals surface area contributed by atoms with Crippen LogP contribution in [0.25, 0.3) is 10.8 Å². The van der Waals surface area contributed by atoms with Crippen LogP contribution in [0.15, 0.2) is 47.4 Å². The van der Waals surface area contributed by atoms with Crippen molar-refractivity contribution in [1.29, 1.82) is 0 Å². The topological polar surface area (TPSA) is 71.4 Å². The van der Waals surface area contributed by atoms with Gasteiger partial charge in [-0.15, -0.1) is 0 Å². The second-order valence-electron chi connectivity index (χ2n) is 7.33. The third kappa shape index (κ3) is 4.05. The quantitative estimate of drug-likeness (QED) is 0.752. The van der Waals surface area contributed by atoms with Crippen LogP contribution in [-0.4, -0.2) is 82.6 Å². The molecule has 2 aromatic carbocycles. The first kappa shape index (κ1) is 19.3. The normalized spacial score (nSPS) is 19.8. The van der Waals surface area contributed by atoms with Crippen molar-refractivity contribution in [2.45, 2.75) is 4.90 Å². The molecule has 0 aromatic heterocycles. The molecule has 4 rings (SSSR count). The molecule has 0 saturated carbocycles. The van der Waals surface area contributed by atoms with Gasteiger partial charge >= 0.3 is 0 Å². The van der Waals surface area contributed by atoms with Gasteiger partial charge in [0.15, 0.2) is 6.54 Å². The predicted octanol–water partition coefficient (Wildman–Crippen LogP) is -0.412. The number of sulfonamides is 1. The van der Waals surface area contributed by atoms with Crippen LogP contribution in [0, 0.1) is 0 Å². The molecular weight excluding hydrogens is 378 g/mol. The fourth-order valence-corrected chi connectivity index (χ4v) is 5.28. The Morgan fingerprint density at radius 2 is 1.64 bits per heavy atom. The first-order valence-electron chi connectivity index (χ1n) is 9.72. The zero-order valence-corrected chi connectivity index (χ0v) is 16.7. The molecule has 2 aliphatic rings. The molecule has 0 atom stereocenters. The molecule has 0 spiro atoms. The summed E-state index contributed by atoms with van der Waals surface area (Å²) in [7, 11) is -3.56. The summed E-state index contributed by atoms with van der Waals surface area (Å²) in [5.74, 6) is 0.0969. The molecule has 28 heavy (non-hydrogen) atoms. The van der Waals surface area contributed by atoms with Gasteiger partial charge in [-0.2, -0.15) is 4.31 Å². The first-order chi connectivity index (χ1) is 13.5. The van der Waals surface area contributed by atoms with Gasteiger partial charge in [-0.3, -0.25) is 4.79 Å². The Morgan fingerprint density at radius 3 is 2.36 bits per heavy atom. The zero-order valence-electron chi connectivity index (χ0n) is 15.8. The molecule has 0 bridgehead atoms. The summed E-state index contributed by atoms with van der Waals surface area (Å²) in [5, 5.41) is 1.92. The lowest BCUT2D eigenvalue weighted by Gasteiger charge is -2.34. The van der Waals surface area contributed by atoms with Crippen molar-refractivity contribution in [1.82, 2.24) is 9.21 Å². The molecular formula is C20H26N3O4S+. The van der Waals surface area contributed by atoms with Gasteiger partial charge in [0.05, 0.1) is 18.1 Å². The summed E-state index contributed by atoms with van der Waals surface area (Å²) in [6.07, 6.45) is 0. The van der Waals surface area contributed by atoms with E-state index in [1.165, 1.54) is 9.21 Å². The summed E-state index contributed by atoms with van der Waals surface area (Å²) in [6.45, 7) is 5.09. The van der Waals surface area contributed by atoms with E-state index in [1.54, 1.807) is 17.0 Å². The molecule has 2 aliphatic heterocycles. The third-order valence-electron chi connectivity index (χ3n) is 5.55. The van der Waals surface area contributed by atoms with E-state index in [1.807, 2.05) is 30.3 Å². The van der Waals surface area contributed by atoms with Crippen molar-refractivity contribution in [2.24, 2.45) is 0 Å². The lowest BCUT2D eigenvalue weighted by Crippen LogP contribution is -3.15. The van der Waals surface area contributed by atoms with Crippen LogP contribution in [0.2, 0.25) is 0 Å². The van der Waals surface area contributed by atoms with Crippen LogP contribution >= 0.6 is 0 Å². The van der Waals surface area contributed by atoms with Crippen LogP contribution in [0.5, 0.6) is 0 Å².